The van der Waals surface area contributed by atoms with Crippen molar-refractivity contribution < 1.29 is 0 Å². The first-order valence-electron chi connectivity index (χ1n) is 8.17. The summed E-state index contributed by atoms with van der Waals surface area (Å²) in [5.41, 5.74) is 4.13. The minimum Gasteiger partial charge on any atom is -0.316 e. The summed E-state index contributed by atoms with van der Waals surface area (Å²) in [6.45, 7) is 2.03. The predicted octanol–water partition coefficient (Wildman–Crippen LogP) is 6.34. The fourth-order valence-electron chi connectivity index (χ4n) is 2.92. The highest BCUT2D eigenvalue weighted by atomic mass is 35.5. The molecule has 0 amide bonds. The van der Waals surface area contributed by atoms with Crippen LogP contribution < -0.4 is 0 Å². The van der Waals surface area contributed by atoms with Crippen molar-refractivity contribution in [3.8, 4) is 5.69 Å². The first kappa shape index (κ1) is 15.7. The van der Waals surface area contributed by atoms with Crippen LogP contribution in [0.3, 0.4) is 0 Å². The lowest BCUT2D eigenvalue weighted by molar-refractivity contribution is 1.07. The van der Waals surface area contributed by atoms with E-state index < -0.39 is 0 Å². The zero-order valence-electron chi connectivity index (χ0n) is 13.9. The highest BCUT2D eigenvalue weighted by molar-refractivity contribution is 6.30. The lowest BCUT2D eigenvalue weighted by Crippen LogP contribution is -1.97. The first-order valence-corrected chi connectivity index (χ1v) is 8.55. The summed E-state index contributed by atoms with van der Waals surface area (Å²) in [4.78, 5) is 4.63. The van der Waals surface area contributed by atoms with Gasteiger partial charge >= 0.3 is 0 Å². The zero-order chi connectivity index (χ0) is 17.2. The van der Waals surface area contributed by atoms with Crippen molar-refractivity contribution in [2.75, 3.05) is 0 Å². The topological polar surface area (TPSA) is 17.3 Å². The molecule has 0 saturated carbocycles. The minimum absolute atomic E-state index is 0.697. The average molecular weight is 345 g/mol. The van der Waals surface area contributed by atoms with Crippen LogP contribution in [0.25, 0.3) is 16.5 Å². The van der Waals surface area contributed by atoms with Gasteiger partial charge in [0.15, 0.2) is 0 Å². The maximum Gasteiger partial charge on any atom is 0.0674 e. The van der Waals surface area contributed by atoms with Crippen LogP contribution in [0.5, 0.6) is 0 Å². The Hall–Kier alpha value is -2.84. The molecule has 25 heavy (non-hydrogen) atoms. The zero-order valence-corrected chi connectivity index (χ0v) is 14.6. The van der Waals surface area contributed by atoms with Crippen molar-refractivity contribution in [2.45, 2.75) is 6.92 Å². The van der Waals surface area contributed by atoms with Crippen LogP contribution in [0.1, 0.15) is 11.3 Å². The Morgan fingerprint density at radius 2 is 1.72 bits per heavy atom. The van der Waals surface area contributed by atoms with E-state index in [0.29, 0.717) is 5.02 Å². The lowest BCUT2D eigenvalue weighted by Gasteiger charge is -2.08. The molecule has 2 nitrogen and oxygen atoms in total. The molecule has 0 radical (unpaired) electrons. The standard InChI is InChI=1S/C22H17ClN2/c1-16-8-10-19(23)14-22(16)24-15-21-7-4-12-25(21)20-11-9-17-5-2-3-6-18(17)13-20/h2-15H,1H3. The summed E-state index contributed by atoms with van der Waals surface area (Å²) in [5.74, 6) is 0. The molecule has 4 aromatic rings. The molecule has 4 rings (SSSR count). The molecule has 0 atom stereocenters. The monoisotopic (exact) mass is 344 g/mol. The highest BCUT2D eigenvalue weighted by Gasteiger charge is 2.03. The Balaban J connectivity index is 1.72. The van der Waals surface area contributed by atoms with Gasteiger partial charge in [0.2, 0.25) is 0 Å². The fraction of sp³-hybridized carbons (Fsp3) is 0.0455. The summed E-state index contributed by atoms with van der Waals surface area (Å²) in [6, 6.07) is 24.7. The van der Waals surface area contributed by atoms with Crippen molar-refractivity contribution in [3.63, 3.8) is 0 Å². The Kier molecular flexibility index (Phi) is 4.12. The number of hydrogen-bond donors (Lipinski definition) is 0. The smallest absolute Gasteiger partial charge is 0.0674 e. The van der Waals surface area contributed by atoms with Crippen molar-refractivity contribution in [1.82, 2.24) is 4.57 Å². The van der Waals surface area contributed by atoms with Crippen LogP contribution in [-0.2, 0) is 0 Å². The van der Waals surface area contributed by atoms with E-state index in [4.69, 9.17) is 11.6 Å². The highest BCUT2D eigenvalue weighted by Crippen LogP contribution is 2.24. The van der Waals surface area contributed by atoms with E-state index in [0.717, 1.165) is 22.6 Å². The molecule has 0 fully saturated rings. The average Bonchev–Trinajstić information content (AvgIpc) is 3.10. The second kappa shape index (κ2) is 6.58. The summed E-state index contributed by atoms with van der Waals surface area (Å²) in [6.07, 6.45) is 3.93. The third-order valence-electron chi connectivity index (χ3n) is 4.30. The quantitative estimate of drug-likeness (QED) is 0.386. The second-order valence-electron chi connectivity index (χ2n) is 6.02. The molecule has 1 heterocycles. The first-order chi connectivity index (χ1) is 12.2. The Morgan fingerprint density at radius 3 is 2.60 bits per heavy atom. The molecule has 3 aromatic carbocycles. The third kappa shape index (κ3) is 3.21. The molecule has 122 valence electrons. The van der Waals surface area contributed by atoms with E-state index in [-0.39, 0.29) is 0 Å². The van der Waals surface area contributed by atoms with Gasteiger partial charge in [-0.2, -0.15) is 0 Å². The van der Waals surface area contributed by atoms with Gasteiger partial charge in [-0.3, -0.25) is 4.99 Å². The van der Waals surface area contributed by atoms with E-state index in [1.807, 2.05) is 37.4 Å². The molecular weight excluding hydrogens is 328 g/mol. The number of nitrogens with zero attached hydrogens (tertiary/aromatic N) is 2. The molecule has 0 aliphatic heterocycles. The van der Waals surface area contributed by atoms with Crippen molar-refractivity contribution in [2.24, 2.45) is 4.99 Å². The van der Waals surface area contributed by atoms with E-state index >= 15 is 0 Å². The van der Waals surface area contributed by atoms with Crippen LogP contribution in [0.15, 0.2) is 84.0 Å². The van der Waals surface area contributed by atoms with Crippen LogP contribution in [0, 0.1) is 6.92 Å². The number of benzene rings is 3. The number of fused-ring (bicyclic) bond motifs is 1. The minimum atomic E-state index is 0.697. The van der Waals surface area contributed by atoms with Crippen LogP contribution in [0.4, 0.5) is 5.69 Å². The molecule has 0 saturated heterocycles. The number of hydrogen-bond acceptors (Lipinski definition) is 1. The van der Waals surface area contributed by atoms with Gasteiger partial charge in [-0.25, -0.2) is 0 Å². The number of halogens is 1. The molecule has 3 heteroatoms. The number of rotatable bonds is 3. The molecule has 0 spiro atoms. The molecular formula is C22H17ClN2. The van der Waals surface area contributed by atoms with Gasteiger partial charge in [-0.15, -0.1) is 0 Å². The second-order valence-corrected chi connectivity index (χ2v) is 6.46. The van der Waals surface area contributed by atoms with Gasteiger partial charge in [0, 0.05) is 16.9 Å². The van der Waals surface area contributed by atoms with Gasteiger partial charge in [0.25, 0.3) is 0 Å². The predicted molar refractivity (Wildman–Crippen MR) is 107 cm³/mol. The van der Waals surface area contributed by atoms with Crippen LogP contribution in [-0.4, -0.2) is 10.8 Å². The Labute approximate surface area is 152 Å². The van der Waals surface area contributed by atoms with E-state index in [1.54, 1.807) is 0 Å². The largest absolute Gasteiger partial charge is 0.316 e. The van der Waals surface area contributed by atoms with Gasteiger partial charge in [0.1, 0.15) is 0 Å². The SMILES string of the molecule is Cc1ccc(Cl)cc1N=Cc1cccn1-c1ccc2ccccc2c1. The summed E-state index contributed by atoms with van der Waals surface area (Å²) >= 11 is 6.08. The Morgan fingerprint density at radius 1 is 0.880 bits per heavy atom. The summed E-state index contributed by atoms with van der Waals surface area (Å²) in [7, 11) is 0. The van der Waals surface area contributed by atoms with Gasteiger partial charge < -0.3 is 4.57 Å². The molecule has 0 N–H and O–H groups in total. The van der Waals surface area contributed by atoms with Gasteiger partial charge in [0.05, 0.1) is 17.6 Å². The summed E-state index contributed by atoms with van der Waals surface area (Å²) in [5, 5.41) is 3.16. The van der Waals surface area contributed by atoms with E-state index in [1.165, 1.54) is 10.8 Å². The number of aliphatic imine (C=N–C) groups is 1. The fourth-order valence-corrected chi connectivity index (χ4v) is 3.08. The molecule has 0 unspecified atom stereocenters. The van der Waals surface area contributed by atoms with Crippen molar-refractivity contribution in [3.05, 3.63) is 95.3 Å². The van der Waals surface area contributed by atoms with Crippen molar-refractivity contribution >= 4 is 34.3 Å². The van der Waals surface area contributed by atoms with E-state index in [9.17, 15) is 0 Å². The lowest BCUT2D eigenvalue weighted by atomic mass is 10.1. The van der Waals surface area contributed by atoms with Crippen LogP contribution in [0.2, 0.25) is 5.02 Å². The number of aryl methyl sites for hydroxylation is 1. The third-order valence-corrected chi connectivity index (χ3v) is 4.53. The summed E-state index contributed by atoms with van der Waals surface area (Å²) < 4.78 is 2.13. The van der Waals surface area contributed by atoms with Crippen LogP contribution >= 0.6 is 11.6 Å². The molecule has 0 aliphatic rings. The maximum atomic E-state index is 6.08. The maximum absolute atomic E-state index is 6.08. The molecule has 1 aromatic heterocycles. The van der Waals surface area contributed by atoms with E-state index in [2.05, 4.69) is 64.3 Å². The van der Waals surface area contributed by atoms with Gasteiger partial charge in [-0.05, 0) is 59.7 Å². The Bertz CT molecular complexity index is 1080. The number of aromatic nitrogens is 1. The normalized spacial score (nSPS) is 11.4. The van der Waals surface area contributed by atoms with Crippen molar-refractivity contribution in [1.29, 1.82) is 0 Å². The molecule has 0 bridgehead atoms. The molecule has 0 aliphatic carbocycles. The van der Waals surface area contributed by atoms with Gasteiger partial charge in [-0.1, -0.05) is 48.0 Å².